The Morgan fingerprint density at radius 3 is 2.35 bits per heavy atom. The van der Waals surface area contributed by atoms with Gasteiger partial charge in [-0.2, -0.15) is 0 Å². The molecule has 1 saturated heterocycles. The molecule has 5 nitrogen and oxygen atoms in total. The summed E-state index contributed by atoms with van der Waals surface area (Å²) in [6.45, 7) is 4.92. The summed E-state index contributed by atoms with van der Waals surface area (Å²) >= 11 is 0. The third-order valence-electron chi connectivity index (χ3n) is 5.55. The second-order valence-corrected chi connectivity index (χ2v) is 7.79. The van der Waals surface area contributed by atoms with E-state index in [1.54, 1.807) is 14.2 Å². The van der Waals surface area contributed by atoms with E-state index in [4.69, 9.17) is 9.47 Å². The summed E-state index contributed by atoms with van der Waals surface area (Å²) in [6, 6.07) is 0. The maximum absolute atomic E-state index is 13.2. The van der Waals surface area contributed by atoms with E-state index in [-0.39, 0.29) is 11.8 Å². The number of carbonyl (C=O) groups is 1. The highest BCUT2D eigenvalue weighted by molar-refractivity contribution is 5.89. The van der Waals surface area contributed by atoms with Gasteiger partial charge in [0.1, 0.15) is 11.5 Å². The van der Waals surface area contributed by atoms with Crippen molar-refractivity contribution < 1.29 is 14.3 Å². The molecule has 1 spiro atoms. The van der Waals surface area contributed by atoms with Crippen molar-refractivity contribution in [2.45, 2.75) is 45.4 Å². The van der Waals surface area contributed by atoms with Gasteiger partial charge < -0.3 is 19.3 Å². The normalized spacial score (nSPS) is 25.7. The van der Waals surface area contributed by atoms with Gasteiger partial charge in [0.25, 0.3) is 0 Å². The summed E-state index contributed by atoms with van der Waals surface area (Å²) in [5.41, 5.74) is -0.579. The third-order valence-corrected chi connectivity index (χ3v) is 5.55. The van der Waals surface area contributed by atoms with Gasteiger partial charge in [-0.05, 0) is 58.5 Å². The average Bonchev–Trinajstić information content (AvgIpc) is 2.91. The number of unbranched alkanes of at least 4 members (excludes halogenated alkanes) is 2. The topological polar surface area (TPSA) is 42.0 Å². The van der Waals surface area contributed by atoms with Gasteiger partial charge in [-0.15, -0.1) is 0 Å². The van der Waals surface area contributed by atoms with E-state index >= 15 is 0 Å². The lowest BCUT2D eigenvalue weighted by Gasteiger charge is -2.32. The van der Waals surface area contributed by atoms with Crippen molar-refractivity contribution in [2.75, 3.05) is 47.9 Å². The van der Waals surface area contributed by atoms with Crippen LogP contribution in [0.1, 0.15) is 45.4 Å². The lowest BCUT2D eigenvalue weighted by Crippen LogP contribution is -2.36. The maximum Gasteiger partial charge on any atom is 0.236 e. The zero-order chi connectivity index (χ0) is 19.2. The molecule has 0 atom stereocenters. The van der Waals surface area contributed by atoms with Gasteiger partial charge in [-0.3, -0.25) is 4.79 Å². The Morgan fingerprint density at radius 2 is 1.81 bits per heavy atom. The van der Waals surface area contributed by atoms with Gasteiger partial charge in [0, 0.05) is 13.1 Å². The van der Waals surface area contributed by atoms with Crippen molar-refractivity contribution >= 4 is 5.91 Å². The summed E-state index contributed by atoms with van der Waals surface area (Å²) in [4.78, 5) is 17.4. The molecular weight excluding hydrogens is 328 g/mol. The van der Waals surface area contributed by atoms with E-state index in [1.807, 2.05) is 4.90 Å². The first-order chi connectivity index (χ1) is 12.5. The number of hydrogen-bond acceptors (Lipinski definition) is 4. The molecule has 0 aromatic heterocycles. The lowest BCUT2D eigenvalue weighted by atomic mass is 9.77. The number of likely N-dealkylation sites (tertiary alicyclic amines) is 1. The monoisotopic (exact) mass is 364 g/mol. The quantitative estimate of drug-likeness (QED) is 0.557. The maximum atomic E-state index is 13.2. The molecule has 26 heavy (non-hydrogen) atoms. The molecule has 0 aromatic carbocycles. The van der Waals surface area contributed by atoms with Crippen LogP contribution in [0.25, 0.3) is 0 Å². The third kappa shape index (κ3) is 4.61. The SMILES string of the molecule is CCCC1C(OC)=CC2(C=C1OC)CCN(CCCCCN(C)C)C2=O. The fraction of sp³-hybridized carbons (Fsp3) is 0.762. The van der Waals surface area contributed by atoms with E-state index < -0.39 is 5.41 Å². The van der Waals surface area contributed by atoms with Crippen molar-refractivity contribution in [2.24, 2.45) is 11.3 Å². The summed E-state index contributed by atoms with van der Waals surface area (Å²) in [5, 5.41) is 0. The predicted octanol–water partition coefficient (Wildman–Crippen LogP) is 3.43. The van der Waals surface area contributed by atoms with Gasteiger partial charge in [0.05, 0.1) is 25.6 Å². The largest absolute Gasteiger partial charge is 0.501 e. The van der Waals surface area contributed by atoms with Crippen LogP contribution in [0, 0.1) is 11.3 Å². The first-order valence-electron chi connectivity index (χ1n) is 9.95. The Balaban J connectivity index is 2.04. The van der Waals surface area contributed by atoms with Gasteiger partial charge in [0.2, 0.25) is 5.91 Å². The smallest absolute Gasteiger partial charge is 0.236 e. The minimum absolute atomic E-state index is 0.133. The van der Waals surface area contributed by atoms with Crippen molar-refractivity contribution in [3.63, 3.8) is 0 Å². The molecule has 0 radical (unpaired) electrons. The first-order valence-corrected chi connectivity index (χ1v) is 9.95. The highest BCUT2D eigenvalue weighted by Gasteiger charge is 2.47. The lowest BCUT2D eigenvalue weighted by molar-refractivity contribution is -0.132. The molecule has 0 N–H and O–H groups in total. The molecule has 1 fully saturated rings. The van der Waals surface area contributed by atoms with Crippen LogP contribution >= 0.6 is 0 Å². The van der Waals surface area contributed by atoms with Crippen LogP contribution in [-0.2, 0) is 14.3 Å². The van der Waals surface area contributed by atoms with Crippen LogP contribution in [0.2, 0.25) is 0 Å². The molecule has 0 bridgehead atoms. The summed E-state index contributed by atoms with van der Waals surface area (Å²) in [6.07, 6.45) is 10.4. The number of hydrogen-bond donors (Lipinski definition) is 0. The molecule has 0 saturated carbocycles. The van der Waals surface area contributed by atoms with Crippen LogP contribution in [-0.4, -0.2) is 63.7 Å². The summed E-state index contributed by atoms with van der Waals surface area (Å²) in [5.74, 6) is 2.09. The van der Waals surface area contributed by atoms with Crippen LogP contribution in [0.3, 0.4) is 0 Å². The second-order valence-electron chi connectivity index (χ2n) is 7.79. The molecule has 1 heterocycles. The molecule has 0 aromatic rings. The van der Waals surface area contributed by atoms with E-state index in [1.165, 1.54) is 6.42 Å². The van der Waals surface area contributed by atoms with Gasteiger partial charge in [0.15, 0.2) is 0 Å². The molecule has 5 heteroatoms. The van der Waals surface area contributed by atoms with Gasteiger partial charge >= 0.3 is 0 Å². The van der Waals surface area contributed by atoms with Crippen molar-refractivity contribution in [3.05, 3.63) is 23.7 Å². The van der Waals surface area contributed by atoms with Gasteiger partial charge in [-0.25, -0.2) is 0 Å². The summed E-state index contributed by atoms with van der Waals surface area (Å²) in [7, 11) is 7.59. The molecule has 0 unspecified atom stereocenters. The van der Waals surface area contributed by atoms with Crippen molar-refractivity contribution in [1.82, 2.24) is 9.80 Å². The van der Waals surface area contributed by atoms with Crippen LogP contribution in [0.5, 0.6) is 0 Å². The Bertz CT molecular complexity index is 517. The second kappa shape index (κ2) is 9.45. The summed E-state index contributed by atoms with van der Waals surface area (Å²) < 4.78 is 11.3. The fourth-order valence-electron chi connectivity index (χ4n) is 4.08. The average molecular weight is 365 g/mol. The van der Waals surface area contributed by atoms with E-state index in [0.29, 0.717) is 0 Å². The highest BCUT2D eigenvalue weighted by Crippen LogP contribution is 2.44. The van der Waals surface area contributed by atoms with E-state index in [0.717, 1.165) is 63.3 Å². The number of amides is 1. The van der Waals surface area contributed by atoms with Crippen molar-refractivity contribution in [1.29, 1.82) is 0 Å². The Morgan fingerprint density at radius 1 is 1.15 bits per heavy atom. The number of methoxy groups -OCH3 is 2. The molecule has 1 aliphatic heterocycles. The first kappa shape index (κ1) is 20.8. The minimum atomic E-state index is -0.579. The highest BCUT2D eigenvalue weighted by atomic mass is 16.5. The Hall–Kier alpha value is -1.49. The van der Waals surface area contributed by atoms with Crippen LogP contribution in [0.15, 0.2) is 23.7 Å². The Kier molecular flexibility index (Phi) is 7.56. The standard InChI is InChI=1S/C21H36N2O3/c1-6-10-17-18(25-4)15-21(16-19(17)26-5)11-14-23(20(21)24)13-9-7-8-12-22(2)3/h15-17H,6-14H2,1-5H3. The molecule has 2 rings (SSSR count). The fourth-order valence-corrected chi connectivity index (χ4v) is 4.08. The number of ether oxygens (including phenoxy) is 2. The van der Waals surface area contributed by atoms with Gasteiger partial charge in [-0.1, -0.05) is 19.8 Å². The zero-order valence-electron chi connectivity index (χ0n) is 17.2. The van der Waals surface area contributed by atoms with Crippen LogP contribution < -0.4 is 0 Å². The Labute approximate surface area is 159 Å². The zero-order valence-corrected chi connectivity index (χ0v) is 17.2. The molecule has 148 valence electrons. The van der Waals surface area contributed by atoms with E-state index in [9.17, 15) is 4.79 Å². The molecule has 1 amide bonds. The van der Waals surface area contributed by atoms with Crippen molar-refractivity contribution in [3.8, 4) is 0 Å². The number of carbonyl (C=O) groups excluding carboxylic acids is 1. The van der Waals surface area contributed by atoms with Crippen LogP contribution in [0.4, 0.5) is 0 Å². The minimum Gasteiger partial charge on any atom is -0.501 e. The number of rotatable bonds is 10. The molecular formula is C21H36N2O3. The molecule has 2 aliphatic rings. The predicted molar refractivity (Wildman–Crippen MR) is 105 cm³/mol. The molecule has 1 aliphatic carbocycles. The number of nitrogens with zero attached hydrogens (tertiary/aromatic N) is 2. The van der Waals surface area contributed by atoms with E-state index in [2.05, 4.69) is 38.1 Å².